The molecule has 25 heavy (non-hydrogen) atoms. The van der Waals surface area contributed by atoms with Gasteiger partial charge in [-0.15, -0.1) is 0 Å². The molecule has 2 aromatic heterocycles. The van der Waals surface area contributed by atoms with Crippen molar-refractivity contribution >= 4 is 11.7 Å². The van der Waals surface area contributed by atoms with E-state index in [9.17, 15) is 4.79 Å². The van der Waals surface area contributed by atoms with E-state index in [1.165, 1.54) is 0 Å². The van der Waals surface area contributed by atoms with Crippen LogP contribution in [0.3, 0.4) is 0 Å². The topological polar surface area (TPSA) is 79.4 Å². The van der Waals surface area contributed by atoms with Gasteiger partial charge in [0.1, 0.15) is 11.6 Å². The third kappa shape index (κ3) is 4.90. The zero-order chi connectivity index (χ0) is 17.6. The molecule has 0 saturated carbocycles. The fourth-order valence-corrected chi connectivity index (χ4v) is 3.09. The van der Waals surface area contributed by atoms with Crippen molar-refractivity contribution in [1.82, 2.24) is 24.5 Å². The van der Waals surface area contributed by atoms with Gasteiger partial charge in [0.05, 0.1) is 6.54 Å². The van der Waals surface area contributed by atoms with E-state index in [-0.39, 0.29) is 5.91 Å². The number of carbonyl (C=O) groups excluding carboxylic acids is 1. The molecule has 1 amide bonds. The van der Waals surface area contributed by atoms with Crippen molar-refractivity contribution in [3.63, 3.8) is 0 Å². The Balaban J connectivity index is 1.37. The second-order valence-corrected chi connectivity index (χ2v) is 6.38. The Morgan fingerprint density at radius 3 is 2.68 bits per heavy atom. The normalized spacial score (nSPS) is 16.2. The van der Waals surface area contributed by atoms with E-state index in [1.807, 2.05) is 12.4 Å². The number of rotatable bonds is 7. The smallest absolute Gasteiger partial charge is 0.239 e. The SMILES string of the molecule is CCc1nccn1CCN1CCN(CC(=O)Nc2cc(C)on2)CC1. The molecule has 8 heteroatoms. The van der Waals surface area contributed by atoms with E-state index in [0.717, 1.165) is 51.5 Å². The molecule has 2 aromatic rings. The van der Waals surface area contributed by atoms with Crippen LogP contribution in [0, 0.1) is 6.92 Å². The van der Waals surface area contributed by atoms with Crippen molar-refractivity contribution in [2.24, 2.45) is 0 Å². The summed E-state index contributed by atoms with van der Waals surface area (Å²) >= 11 is 0. The molecule has 0 atom stereocenters. The average molecular weight is 346 g/mol. The number of hydrogen-bond donors (Lipinski definition) is 1. The maximum atomic E-state index is 12.1. The number of amides is 1. The third-order valence-corrected chi connectivity index (χ3v) is 4.50. The zero-order valence-corrected chi connectivity index (χ0v) is 14.9. The largest absolute Gasteiger partial charge is 0.360 e. The molecule has 1 N–H and O–H groups in total. The second-order valence-electron chi connectivity index (χ2n) is 6.38. The number of nitrogens with one attached hydrogen (secondary N) is 1. The van der Waals surface area contributed by atoms with Crippen molar-refractivity contribution in [3.05, 3.63) is 30.0 Å². The first kappa shape index (κ1) is 17.6. The summed E-state index contributed by atoms with van der Waals surface area (Å²) in [6.07, 6.45) is 4.87. The Labute approximate surface area is 147 Å². The first-order valence-corrected chi connectivity index (χ1v) is 8.82. The molecular formula is C17H26N6O2. The summed E-state index contributed by atoms with van der Waals surface area (Å²) in [7, 11) is 0. The van der Waals surface area contributed by atoms with Gasteiger partial charge in [-0.2, -0.15) is 0 Å². The number of piperazine rings is 1. The number of nitrogens with zero attached hydrogens (tertiary/aromatic N) is 5. The van der Waals surface area contributed by atoms with Crippen molar-refractivity contribution in [2.45, 2.75) is 26.8 Å². The van der Waals surface area contributed by atoms with E-state index in [2.05, 4.69) is 36.7 Å². The number of carbonyl (C=O) groups is 1. The van der Waals surface area contributed by atoms with E-state index in [1.54, 1.807) is 13.0 Å². The monoisotopic (exact) mass is 346 g/mol. The highest BCUT2D eigenvalue weighted by Gasteiger charge is 2.19. The Kier molecular flexibility index (Phi) is 5.83. The molecule has 1 fully saturated rings. The molecule has 0 aliphatic carbocycles. The molecule has 1 saturated heterocycles. The van der Waals surface area contributed by atoms with Gasteiger partial charge in [0.2, 0.25) is 5.91 Å². The van der Waals surface area contributed by atoms with Gasteiger partial charge < -0.3 is 14.4 Å². The highest BCUT2D eigenvalue weighted by molar-refractivity contribution is 5.91. The quantitative estimate of drug-likeness (QED) is 0.806. The summed E-state index contributed by atoms with van der Waals surface area (Å²) in [5, 5.41) is 6.55. The van der Waals surface area contributed by atoms with Gasteiger partial charge in [-0.05, 0) is 6.92 Å². The van der Waals surface area contributed by atoms with E-state index < -0.39 is 0 Å². The van der Waals surface area contributed by atoms with Crippen LogP contribution in [0.15, 0.2) is 23.0 Å². The van der Waals surface area contributed by atoms with Crippen molar-refractivity contribution in [2.75, 3.05) is 44.6 Å². The molecule has 136 valence electrons. The molecule has 0 bridgehead atoms. The van der Waals surface area contributed by atoms with Crippen LogP contribution in [0.1, 0.15) is 18.5 Å². The standard InChI is InChI=1S/C17H26N6O2/c1-3-16-18-4-5-23(16)11-10-21-6-8-22(9-7-21)13-17(24)19-15-12-14(2)25-20-15/h4-5,12H,3,6-11,13H2,1-2H3,(H,19,20,24). The molecule has 1 aliphatic rings. The molecule has 0 spiro atoms. The molecule has 0 unspecified atom stereocenters. The molecule has 3 heterocycles. The molecule has 1 aliphatic heterocycles. The average Bonchev–Trinajstić information content (AvgIpc) is 3.22. The summed E-state index contributed by atoms with van der Waals surface area (Å²) in [4.78, 5) is 21.0. The molecular weight excluding hydrogens is 320 g/mol. The lowest BCUT2D eigenvalue weighted by molar-refractivity contribution is -0.117. The van der Waals surface area contributed by atoms with Crippen LogP contribution in [-0.2, 0) is 17.8 Å². The van der Waals surface area contributed by atoms with Gasteiger partial charge in [0.15, 0.2) is 5.82 Å². The Bertz CT molecular complexity index is 687. The van der Waals surface area contributed by atoms with Gasteiger partial charge in [0.25, 0.3) is 0 Å². The number of aryl methyl sites for hydroxylation is 2. The van der Waals surface area contributed by atoms with Crippen LogP contribution in [-0.4, -0.2) is 69.7 Å². The van der Waals surface area contributed by atoms with Gasteiger partial charge in [-0.3, -0.25) is 14.6 Å². The minimum Gasteiger partial charge on any atom is -0.360 e. The van der Waals surface area contributed by atoms with Crippen LogP contribution in [0.25, 0.3) is 0 Å². The van der Waals surface area contributed by atoms with Crippen LogP contribution < -0.4 is 5.32 Å². The highest BCUT2D eigenvalue weighted by Crippen LogP contribution is 2.08. The number of imidazole rings is 1. The summed E-state index contributed by atoms with van der Waals surface area (Å²) in [6, 6.07) is 1.72. The Hall–Kier alpha value is -2.19. The van der Waals surface area contributed by atoms with E-state index in [4.69, 9.17) is 4.52 Å². The second kappa shape index (κ2) is 8.26. The van der Waals surface area contributed by atoms with Crippen LogP contribution >= 0.6 is 0 Å². The predicted molar refractivity (Wildman–Crippen MR) is 94.4 cm³/mol. The maximum absolute atomic E-state index is 12.1. The lowest BCUT2D eigenvalue weighted by atomic mass is 10.3. The maximum Gasteiger partial charge on any atom is 0.239 e. The lowest BCUT2D eigenvalue weighted by Crippen LogP contribution is -2.49. The van der Waals surface area contributed by atoms with E-state index in [0.29, 0.717) is 18.1 Å². The van der Waals surface area contributed by atoms with Gasteiger partial charge >= 0.3 is 0 Å². The van der Waals surface area contributed by atoms with Gasteiger partial charge in [-0.1, -0.05) is 12.1 Å². The fraction of sp³-hybridized carbons (Fsp3) is 0.588. The first-order valence-electron chi connectivity index (χ1n) is 8.82. The Morgan fingerprint density at radius 1 is 1.24 bits per heavy atom. The summed E-state index contributed by atoms with van der Waals surface area (Å²) < 4.78 is 7.17. The molecule has 0 aromatic carbocycles. The predicted octanol–water partition coefficient (Wildman–Crippen LogP) is 0.998. The lowest BCUT2D eigenvalue weighted by Gasteiger charge is -2.34. The summed E-state index contributed by atoms with van der Waals surface area (Å²) in [5.41, 5.74) is 0. The minimum absolute atomic E-state index is 0.0484. The highest BCUT2D eigenvalue weighted by atomic mass is 16.5. The fourth-order valence-electron chi connectivity index (χ4n) is 3.09. The molecule has 8 nitrogen and oxygen atoms in total. The number of hydrogen-bond acceptors (Lipinski definition) is 6. The summed E-state index contributed by atoms with van der Waals surface area (Å²) in [6.45, 7) is 10.1. The Morgan fingerprint density at radius 2 is 2.00 bits per heavy atom. The molecule has 0 radical (unpaired) electrons. The van der Waals surface area contributed by atoms with Crippen LogP contribution in [0.5, 0.6) is 0 Å². The van der Waals surface area contributed by atoms with Crippen molar-refractivity contribution in [1.29, 1.82) is 0 Å². The first-order chi connectivity index (χ1) is 12.1. The zero-order valence-electron chi connectivity index (χ0n) is 14.9. The van der Waals surface area contributed by atoms with E-state index >= 15 is 0 Å². The van der Waals surface area contributed by atoms with Crippen LogP contribution in [0.2, 0.25) is 0 Å². The third-order valence-electron chi connectivity index (χ3n) is 4.50. The van der Waals surface area contributed by atoms with Crippen LogP contribution in [0.4, 0.5) is 5.82 Å². The number of aromatic nitrogens is 3. The van der Waals surface area contributed by atoms with Gasteiger partial charge in [0, 0.05) is 64.1 Å². The van der Waals surface area contributed by atoms with Crippen molar-refractivity contribution < 1.29 is 9.32 Å². The summed E-state index contributed by atoms with van der Waals surface area (Å²) in [5.74, 6) is 2.26. The van der Waals surface area contributed by atoms with Gasteiger partial charge in [-0.25, -0.2) is 4.98 Å². The van der Waals surface area contributed by atoms with Crippen molar-refractivity contribution in [3.8, 4) is 0 Å². The number of anilines is 1. The minimum atomic E-state index is -0.0484. The molecule has 3 rings (SSSR count).